The van der Waals surface area contributed by atoms with E-state index in [4.69, 9.17) is 9.26 Å². The van der Waals surface area contributed by atoms with Gasteiger partial charge in [-0.2, -0.15) is 0 Å². The van der Waals surface area contributed by atoms with Crippen LogP contribution in [0, 0.1) is 0 Å². The quantitative estimate of drug-likeness (QED) is 0.615. The highest BCUT2D eigenvalue weighted by Crippen LogP contribution is 2.23. The first kappa shape index (κ1) is 21.5. The van der Waals surface area contributed by atoms with E-state index in [1.165, 1.54) is 17.0 Å². The van der Waals surface area contributed by atoms with Crippen LogP contribution in [0.2, 0.25) is 0 Å². The third kappa shape index (κ3) is 4.37. The summed E-state index contributed by atoms with van der Waals surface area (Å²) in [5.74, 6) is 0.0492. The SMILES string of the molecule is CCOc1c(C(=O)Cc2cnoc2)nc(N(C)C2CCN(C(C)=O)CC2)n(C)c1=O. The van der Waals surface area contributed by atoms with Crippen molar-refractivity contribution in [2.45, 2.75) is 39.2 Å². The summed E-state index contributed by atoms with van der Waals surface area (Å²) in [5.41, 5.74) is 0.184. The van der Waals surface area contributed by atoms with Crippen molar-refractivity contribution in [2.24, 2.45) is 7.05 Å². The maximum absolute atomic E-state index is 13.0. The number of Topliss-reactive ketones (excluding diaryl/α,β-unsaturated/α-hetero) is 1. The number of carbonyl (C=O) groups is 2. The van der Waals surface area contributed by atoms with E-state index in [1.54, 1.807) is 20.9 Å². The van der Waals surface area contributed by atoms with Crippen molar-refractivity contribution in [1.29, 1.82) is 0 Å². The summed E-state index contributed by atoms with van der Waals surface area (Å²) in [4.78, 5) is 45.7. The van der Waals surface area contributed by atoms with Crippen LogP contribution in [0.25, 0.3) is 0 Å². The molecule has 0 bridgehead atoms. The first-order chi connectivity index (χ1) is 14.3. The van der Waals surface area contributed by atoms with Crippen molar-refractivity contribution in [3.8, 4) is 5.75 Å². The maximum atomic E-state index is 13.0. The van der Waals surface area contributed by atoms with Gasteiger partial charge >= 0.3 is 0 Å². The van der Waals surface area contributed by atoms with Crippen LogP contribution in [0.5, 0.6) is 5.75 Å². The zero-order valence-corrected chi connectivity index (χ0v) is 17.8. The van der Waals surface area contributed by atoms with Crippen molar-refractivity contribution in [2.75, 3.05) is 31.6 Å². The number of amides is 1. The fourth-order valence-corrected chi connectivity index (χ4v) is 3.66. The molecule has 0 unspecified atom stereocenters. The van der Waals surface area contributed by atoms with Crippen molar-refractivity contribution in [1.82, 2.24) is 19.6 Å². The zero-order chi connectivity index (χ0) is 21.8. The van der Waals surface area contributed by atoms with Crippen molar-refractivity contribution < 1.29 is 18.8 Å². The molecule has 0 spiro atoms. The molecular weight excluding hydrogens is 390 g/mol. The van der Waals surface area contributed by atoms with Crippen molar-refractivity contribution in [3.05, 3.63) is 34.1 Å². The Hall–Kier alpha value is -3.17. The first-order valence-electron chi connectivity index (χ1n) is 9.97. The molecule has 10 heteroatoms. The van der Waals surface area contributed by atoms with E-state index in [0.717, 1.165) is 12.8 Å². The molecule has 3 heterocycles. The van der Waals surface area contributed by atoms with Gasteiger partial charge in [0.2, 0.25) is 17.6 Å². The van der Waals surface area contributed by atoms with Gasteiger partial charge in [-0.3, -0.25) is 19.0 Å². The normalized spacial score (nSPS) is 14.6. The highest BCUT2D eigenvalue weighted by atomic mass is 16.5. The Bertz CT molecular complexity index is 961. The molecule has 162 valence electrons. The van der Waals surface area contributed by atoms with E-state index in [9.17, 15) is 14.4 Å². The maximum Gasteiger partial charge on any atom is 0.297 e. The minimum absolute atomic E-state index is 0.00386. The van der Waals surface area contributed by atoms with Crippen LogP contribution in [-0.2, 0) is 18.3 Å². The van der Waals surface area contributed by atoms with Crippen LogP contribution in [0.4, 0.5) is 5.95 Å². The Morgan fingerprint density at radius 1 is 1.33 bits per heavy atom. The van der Waals surface area contributed by atoms with Gasteiger partial charge in [0.15, 0.2) is 11.5 Å². The van der Waals surface area contributed by atoms with Gasteiger partial charge < -0.3 is 19.1 Å². The van der Waals surface area contributed by atoms with Gasteiger partial charge in [0.05, 0.1) is 12.8 Å². The van der Waals surface area contributed by atoms with Gasteiger partial charge in [0, 0.05) is 52.1 Å². The highest BCUT2D eigenvalue weighted by Gasteiger charge is 2.29. The van der Waals surface area contributed by atoms with E-state index < -0.39 is 5.56 Å². The Morgan fingerprint density at radius 2 is 2.03 bits per heavy atom. The van der Waals surface area contributed by atoms with Gasteiger partial charge in [0.1, 0.15) is 6.26 Å². The Balaban J connectivity index is 1.92. The average Bonchev–Trinajstić information content (AvgIpc) is 3.24. The van der Waals surface area contributed by atoms with Gasteiger partial charge in [-0.15, -0.1) is 0 Å². The number of likely N-dealkylation sites (tertiary alicyclic amines) is 1. The number of rotatable bonds is 7. The third-order valence-corrected chi connectivity index (χ3v) is 5.40. The zero-order valence-electron chi connectivity index (χ0n) is 17.8. The molecule has 2 aromatic heterocycles. The fraction of sp³-hybridized carbons (Fsp3) is 0.550. The van der Waals surface area contributed by atoms with Crippen LogP contribution >= 0.6 is 0 Å². The molecule has 0 aromatic carbocycles. The molecule has 1 saturated heterocycles. The molecule has 1 aliphatic heterocycles. The lowest BCUT2D eigenvalue weighted by molar-refractivity contribution is -0.129. The van der Waals surface area contributed by atoms with E-state index in [0.29, 0.717) is 24.6 Å². The number of hydrogen-bond acceptors (Lipinski definition) is 8. The van der Waals surface area contributed by atoms with Crippen LogP contribution < -0.4 is 15.2 Å². The summed E-state index contributed by atoms with van der Waals surface area (Å²) in [6, 6.07) is 0.0951. The summed E-state index contributed by atoms with van der Waals surface area (Å²) >= 11 is 0. The number of ether oxygens (including phenoxy) is 1. The molecule has 0 saturated carbocycles. The molecule has 10 nitrogen and oxygen atoms in total. The molecule has 0 radical (unpaired) electrons. The summed E-state index contributed by atoms with van der Waals surface area (Å²) in [6.45, 7) is 4.85. The number of carbonyl (C=O) groups excluding carboxylic acids is 2. The Morgan fingerprint density at radius 3 is 2.60 bits per heavy atom. The summed E-state index contributed by atoms with van der Waals surface area (Å²) in [7, 11) is 3.47. The van der Waals surface area contributed by atoms with Gasteiger partial charge in [-0.1, -0.05) is 5.16 Å². The minimum atomic E-state index is -0.413. The lowest BCUT2D eigenvalue weighted by Gasteiger charge is -2.37. The number of anilines is 1. The smallest absolute Gasteiger partial charge is 0.297 e. The number of aromatic nitrogens is 3. The third-order valence-electron chi connectivity index (χ3n) is 5.40. The van der Waals surface area contributed by atoms with Crippen LogP contribution in [0.15, 0.2) is 21.8 Å². The van der Waals surface area contributed by atoms with Gasteiger partial charge in [-0.25, -0.2) is 4.98 Å². The van der Waals surface area contributed by atoms with Crippen LogP contribution in [0.1, 0.15) is 42.7 Å². The number of hydrogen-bond donors (Lipinski definition) is 0. The predicted octanol–water partition coefficient (Wildman–Crippen LogP) is 1.04. The monoisotopic (exact) mass is 417 g/mol. The molecule has 2 aromatic rings. The summed E-state index contributed by atoms with van der Waals surface area (Å²) in [5, 5.41) is 3.60. The van der Waals surface area contributed by atoms with E-state index >= 15 is 0 Å². The summed E-state index contributed by atoms with van der Waals surface area (Å²) < 4.78 is 11.7. The predicted molar refractivity (Wildman–Crippen MR) is 109 cm³/mol. The van der Waals surface area contributed by atoms with E-state index in [2.05, 4.69) is 10.1 Å². The molecule has 1 aliphatic rings. The molecule has 0 atom stereocenters. The van der Waals surface area contributed by atoms with E-state index in [1.807, 2.05) is 16.8 Å². The standard InChI is InChI=1S/C20H27N5O5/c1-5-29-18-17(16(27)10-14-11-21-30-12-14)22-20(24(4)19(18)28)23(3)15-6-8-25(9-7-15)13(2)26/h11-12,15H,5-10H2,1-4H3. The molecular formula is C20H27N5O5. The summed E-state index contributed by atoms with van der Waals surface area (Å²) in [6.07, 6.45) is 4.35. The number of nitrogens with zero attached hydrogens (tertiary/aromatic N) is 5. The van der Waals surface area contributed by atoms with Gasteiger partial charge in [0.25, 0.3) is 5.56 Å². The average molecular weight is 417 g/mol. The second-order valence-corrected chi connectivity index (χ2v) is 7.37. The molecule has 1 fully saturated rings. The second kappa shape index (κ2) is 9.10. The second-order valence-electron chi connectivity index (χ2n) is 7.37. The molecule has 1 amide bonds. The number of piperidine rings is 1. The van der Waals surface area contributed by atoms with Gasteiger partial charge in [-0.05, 0) is 19.8 Å². The van der Waals surface area contributed by atoms with Crippen LogP contribution in [0.3, 0.4) is 0 Å². The topological polar surface area (TPSA) is 111 Å². The lowest BCUT2D eigenvalue weighted by atomic mass is 10.0. The molecule has 3 rings (SSSR count). The van der Waals surface area contributed by atoms with Crippen LogP contribution in [-0.4, -0.2) is 64.1 Å². The molecule has 0 aliphatic carbocycles. The molecule has 0 N–H and O–H groups in total. The Kier molecular flexibility index (Phi) is 6.53. The lowest BCUT2D eigenvalue weighted by Crippen LogP contribution is -2.46. The number of ketones is 1. The van der Waals surface area contributed by atoms with Crippen molar-refractivity contribution >= 4 is 17.6 Å². The first-order valence-corrected chi connectivity index (χ1v) is 9.97. The minimum Gasteiger partial charge on any atom is -0.486 e. The largest absolute Gasteiger partial charge is 0.486 e. The highest BCUT2D eigenvalue weighted by molar-refractivity contribution is 5.98. The van der Waals surface area contributed by atoms with E-state index in [-0.39, 0.29) is 42.2 Å². The van der Waals surface area contributed by atoms with Crippen molar-refractivity contribution in [3.63, 3.8) is 0 Å². The Labute approximate surface area is 174 Å². The fourth-order valence-electron chi connectivity index (χ4n) is 3.66. The molecule has 30 heavy (non-hydrogen) atoms.